The SMILES string of the molecule is CN1CCN(NC(=O)N(CCC(=O)O)C(C)(C)C)CC1. The maximum absolute atomic E-state index is 12.3. The number of nitrogens with one attached hydrogen (secondary N) is 1. The van der Waals surface area contributed by atoms with Crippen molar-refractivity contribution in [2.75, 3.05) is 39.8 Å². The molecule has 1 rings (SSSR count). The van der Waals surface area contributed by atoms with Crippen LogP contribution >= 0.6 is 0 Å². The van der Waals surface area contributed by atoms with Crippen LogP contribution in [-0.2, 0) is 4.79 Å². The molecule has 0 unspecified atom stereocenters. The second-order valence-electron chi connectivity index (χ2n) is 6.17. The molecule has 0 aromatic heterocycles. The Morgan fingerprint density at radius 1 is 1.20 bits per heavy atom. The maximum Gasteiger partial charge on any atom is 0.332 e. The Bertz CT molecular complexity index is 346. The number of carbonyl (C=O) groups is 2. The van der Waals surface area contributed by atoms with Gasteiger partial charge in [-0.15, -0.1) is 0 Å². The monoisotopic (exact) mass is 286 g/mol. The molecule has 7 nitrogen and oxygen atoms in total. The molecule has 116 valence electrons. The lowest BCUT2D eigenvalue weighted by Crippen LogP contribution is -2.58. The number of aliphatic carboxylic acids is 1. The molecule has 0 atom stereocenters. The second kappa shape index (κ2) is 6.90. The summed E-state index contributed by atoms with van der Waals surface area (Å²) >= 11 is 0. The predicted octanol–water partition coefficient (Wildman–Crippen LogP) is 0.434. The Morgan fingerprint density at radius 3 is 2.20 bits per heavy atom. The highest BCUT2D eigenvalue weighted by molar-refractivity contribution is 5.75. The van der Waals surface area contributed by atoms with E-state index >= 15 is 0 Å². The fourth-order valence-electron chi connectivity index (χ4n) is 2.06. The lowest BCUT2D eigenvalue weighted by Gasteiger charge is -2.39. The normalized spacial score (nSPS) is 17.8. The average molecular weight is 286 g/mol. The largest absolute Gasteiger partial charge is 0.481 e. The van der Waals surface area contributed by atoms with Gasteiger partial charge in [0.1, 0.15) is 0 Å². The molecule has 2 amide bonds. The van der Waals surface area contributed by atoms with Gasteiger partial charge in [-0.25, -0.2) is 9.80 Å². The summed E-state index contributed by atoms with van der Waals surface area (Å²) in [6.45, 7) is 9.28. The van der Waals surface area contributed by atoms with Gasteiger partial charge in [0.25, 0.3) is 0 Å². The quantitative estimate of drug-likeness (QED) is 0.784. The van der Waals surface area contributed by atoms with Gasteiger partial charge in [-0.1, -0.05) is 0 Å². The van der Waals surface area contributed by atoms with Crippen LogP contribution in [0.1, 0.15) is 27.2 Å². The highest BCUT2D eigenvalue weighted by Gasteiger charge is 2.28. The summed E-state index contributed by atoms with van der Waals surface area (Å²) in [4.78, 5) is 26.8. The second-order valence-corrected chi connectivity index (χ2v) is 6.17. The molecular weight excluding hydrogens is 260 g/mol. The Labute approximate surface area is 120 Å². The number of carboxylic acid groups (broad SMARTS) is 1. The molecule has 1 fully saturated rings. The third-order valence-corrected chi connectivity index (χ3v) is 3.36. The van der Waals surface area contributed by atoms with Crippen molar-refractivity contribution >= 4 is 12.0 Å². The molecule has 0 radical (unpaired) electrons. The summed E-state index contributed by atoms with van der Waals surface area (Å²) in [6.07, 6.45) is -0.0482. The van der Waals surface area contributed by atoms with Crippen LogP contribution in [0.15, 0.2) is 0 Å². The number of carboxylic acids is 1. The summed E-state index contributed by atoms with van der Waals surface area (Å²) in [6, 6.07) is -0.233. The van der Waals surface area contributed by atoms with Crippen LogP contribution < -0.4 is 5.43 Å². The number of likely N-dealkylation sites (N-methyl/N-ethyl adjacent to an activating group) is 1. The molecule has 1 aliphatic rings. The first-order chi connectivity index (χ1) is 9.20. The molecule has 0 saturated carbocycles. The highest BCUT2D eigenvalue weighted by atomic mass is 16.4. The molecule has 1 heterocycles. The Balaban J connectivity index is 2.56. The van der Waals surface area contributed by atoms with Crippen molar-refractivity contribution in [3.05, 3.63) is 0 Å². The van der Waals surface area contributed by atoms with Gasteiger partial charge in [-0.2, -0.15) is 0 Å². The number of carbonyl (C=O) groups excluding carboxylic acids is 1. The van der Waals surface area contributed by atoms with E-state index in [1.54, 1.807) is 4.90 Å². The first-order valence-corrected chi connectivity index (χ1v) is 6.93. The van der Waals surface area contributed by atoms with Gasteiger partial charge in [-0.05, 0) is 27.8 Å². The van der Waals surface area contributed by atoms with Gasteiger partial charge in [-0.3, -0.25) is 10.2 Å². The fourth-order valence-corrected chi connectivity index (χ4v) is 2.06. The molecule has 0 aromatic carbocycles. The summed E-state index contributed by atoms with van der Waals surface area (Å²) in [5, 5.41) is 10.7. The van der Waals surface area contributed by atoms with Crippen LogP contribution in [0.3, 0.4) is 0 Å². The van der Waals surface area contributed by atoms with Gasteiger partial charge >= 0.3 is 12.0 Å². The predicted molar refractivity (Wildman–Crippen MR) is 76.3 cm³/mol. The topological polar surface area (TPSA) is 76.1 Å². The Morgan fingerprint density at radius 2 is 1.75 bits per heavy atom. The summed E-state index contributed by atoms with van der Waals surface area (Å²) in [7, 11) is 2.05. The first-order valence-electron chi connectivity index (χ1n) is 6.93. The number of hydrazine groups is 1. The molecule has 0 bridgehead atoms. The number of hydrogen-bond acceptors (Lipinski definition) is 4. The van der Waals surface area contributed by atoms with E-state index < -0.39 is 11.5 Å². The van der Waals surface area contributed by atoms with Crippen LogP contribution in [0.4, 0.5) is 4.79 Å². The van der Waals surface area contributed by atoms with E-state index in [-0.39, 0.29) is 19.0 Å². The summed E-state index contributed by atoms with van der Waals surface area (Å²) < 4.78 is 0. The minimum atomic E-state index is -0.897. The molecule has 1 aliphatic heterocycles. The van der Waals surface area contributed by atoms with Crippen molar-refractivity contribution < 1.29 is 14.7 Å². The summed E-state index contributed by atoms with van der Waals surface area (Å²) in [5.41, 5.74) is 2.46. The zero-order valence-electron chi connectivity index (χ0n) is 12.8. The molecule has 7 heteroatoms. The third kappa shape index (κ3) is 5.34. The minimum Gasteiger partial charge on any atom is -0.481 e. The highest BCUT2D eigenvalue weighted by Crippen LogP contribution is 2.14. The number of nitrogens with zero attached hydrogens (tertiary/aromatic N) is 3. The lowest BCUT2D eigenvalue weighted by molar-refractivity contribution is -0.137. The smallest absolute Gasteiger partial charge is 0.332 e. The maximum atomic E-state index is 12.3. The van der Waals surface area contributed by atoms with Crippen LogP contribution in [-0.4, -0.2) is 77.2 Å². The number of piperazine rings is 1. The van der Waals surface area contributed by atoms with Gasteiger partial charge in [0.2, 0.25) is 0 Å². The van der Waals surface area contributed by atoms with Crippen LogP contribution in [0.2, 0.25) is 0 Å². The van der Waals surface area contributed by atoms with Crippen molar-refractivity contribution in [2.45, 2.75) is 32.7 Å². The van der Waals surface area contributed by atoms with E-state index in [4.69, 9.17) is 5.11 Å². The molecule has 2 N–H and O–H groups in total. The van der Waals surface area contributed by atoms with Gasteiger partial charge in [0.05, 0.1) is 6.42 Å². The van der Waals surface area contributed by atoms with Crippen LogP contribution in [0.5, 0.6) is 0 Å². The minimum absolute atomic E-state index is 0.0482. The number of rotatable bonds is 4. The standard InChI is InChI=1S/C13H26N4O3/c1-13(2,3)17(6-5-11(18)19)12(20)14-16-9-7-15(4)8-10-16/h5-10H2,1-4H3,(H,14,20)(H,18,19). The first kappa shape index (κ1) is 16.7. The number of hydrogen-bond donors (Lipinski definition) is 2. The molecule has 1 saturated heterocycles. The molecular formula is C13H26N4O3. The van der Waals surface area contributed by atoms with E-state index in [2.05, 4.69) is 10.3 Å². The zero-order chi connectivity index (χ0) is 15.3. The molecule has 0 spiro atoms. The van der Waals surface area contributed by atoms with E-state index in [9.17, 15) is 9.59 Å². The molecule has 0 aliphatic carbocycles. The lowest BCUT2D eigenvalue weighted by atomic mass is 10.1. The van der Waals surface area contributed by atoms with Crippen molar-refractivity contribution in [3.63, 3.8) is 0 Å². The van der Waals surface area contributed by atoms with E-state index in [1.807, 2.05) is 32.8 Å². The van der Waals surface area contributed by atoms with Crippen molar-refractivity contribution in [1.82, 2.24) is 20.2 Å². The number of urea groups is 1. The molecule has 20 heavy (non-hydrogen) atoms. The van der Waals surface area contributed by atoms with Crippen LogP contribution in [0.25, 0.3) is 0 Å². The van der Waals surface area contributed by atoms with Gasteiger partial charge < -0.3 is 14.9 Å². The van der Waals surface area contributed by atoms with Gasteiger partial charge in [0, 0.05) is 38.3 Å². The van der Waals surface area contributed by atoms with E-state index in [0.29, 0.717) is 0 Å². The van der Waals surface area contributed by atoms with E-state index in [1.165, 1.54) is 0 Å². The molecule has 0 aromatic rings. The summed E-state index contributed by atoms with van der Waals surface area (Å²) in [5.74, 6) is -0.897. The Kier molecular flexibility index (Phi) is 5.76. The average Bonchev–Trinajstić information content (AvgIpc) is 2.30. The van der Waals surface area contributed by atoms with Crippen molar-refractivity contribution in [3.8, 4) is 0 Å². The number of amides is 2. The van der Waals surface area contributed by atoms with E-state index in [0.717, 1.165) is 26.2 Å². The Hall–Kier alpha value is -1.34. The third-order valence-electron chi connectivity index (χ3n) is 3.36. The van der Waals surface area contributed by atoms with Crippen LogP contribution in [0, 0.1) is 0 Å². The van der Waals surface area contributed by atoms with Gasteiger partial charge in [0.15, 0.2) is 0 Å². The zero-order valence-corrected chi connectivity index (χ0v) is 12.8. The van der Waals surface area contributed by atoms with Crippen molar-refractivity contribution in [2.24, 2.45) is 0 Å². The fraction of sp³-hybridized carbons (Fsp3) is 0.846. The van der Waals surface area contributed by atoms with Crippen molar-refractivity contribution in [1.29, 1.82) is 0 Å².